The fourth-order valence-electron chi connectivity index (χ4n) is 3.05. The van der Waals surface area contributed by atoms with Crippen LogP contribution in [0.3, 0.4) is 0 Å². The summed E-state index contributed by atoms with van der Waals surface area (Å²) in [6.45, 7) is -0.640. The predicted molar refractivity (Wildman–Crippen MR) is 106 cm³/mol. The first-order valence-electron chi connectivity index (χ1n) is 8.53. The molecule has 1 aliphatic rings. The molecular weight excluding hydrogens is 481 g/mol. The van der Waals surface area contributed by atoms with Gasteiger partial charge < -0.3 is 14.8 Å². The molecule has 3 rings (SSSR count). The molecule has 0 spiro atoms. The highest BCUT2D eigenvalue weighted by atomic mass is 127. The van der Waals surface area contributed by atoms with E-state index in [4.69, 9.17) is 5.26 Å². The van der Waals surface area contributed by atoms with Crippen LogP contribution in [0.25, 0.3) is 0 Å². The highest BCUT2D eigenvalue weighted by Crippen LogP contribution is 2.31. The molecule has 2 heterocycles. The highest BCUT2D eigenvalue weighted by Gasteiger charge is 2.47. The van der Waals surface area contributed by atoms with E-state index in [1.54, 1.807) is 24.5 Å². The van der Waals surface area contributed by atoms with Gasteiger partial charge in [-0.3, -0.25) is 9.59 Å². The maximum atomic E-state index is 13.4. The molecule has 2 amide bonds. The summed E-state index contributed by atoms with van der Waals surface area (Å²) in [5.41, 5.74) is 1.47. The third kappa shape index (κ3) is 4.67. The smallest absolute Gasteiger partial charge is 0.268 e. The molecule has 0 saturated carbocycles. The second kappa shape index (κ2) is 8.26. The first-order valence-corrected chi connectivity index (χ1v) is 9.61. The van der Waals surface area contributed by atoms with Crippen LogP contribution in [-0.2, 0) is 11.3 Å². The maximum Gasteiger partial charge on any atom is 0.268 e. The number of nitrogens with one attached hydrogen (secondary N) is 1. The minimum atomic E-state index is -3.08. The zero-order valence-electron chi connectivity index (χ0n) is 14.7. The van der Waals surface area contributed by atoms with Crippen molar-refractivity contribution in [3.63, 3.8) is 0 Å². The van der Waals surface area contributed by atoms with Gasteiger partial charge in [0.2, 0.25) is 5.91 Å². The van der Waals surface area contributed by atoms with Gasteiger partial charge in [0.25, 0.3) is 11.8 Å². The van der Waals surface area contributed by atoms with E-state index in [-0.39, 0.29) is 0 Å². The Labute approximate surface area is 174 Å². The van der Waals surface area contributed by atoms with Crippen LogP contribution in [0.4, 0.5) is 8.78 Å². The Bertz CT molecular complexity index is 938. The Morgan fingerprint density at radius 3 is 2.79 bits per heavy atom. The first kappa shape index (κ1) is 20.3. The van der Waals surface area contributed by atoms with Gasteiger partial charge in [-0.25, -0.2) is 8.78 Å². The molecule has 1 atom stereocenters. The van der Waals surface area contributed by atoms with Crippen molar-refractivity contribution in [1.82, 2.24) is 14.8 Å². The fraction of sp³-hybridized carbons (Fsp3) is 0.316. The molecular formula is C19H17F2IN4O2. The third-order valence-corrected chi connectivity index (χ3v) is 5.52. The number of amides is 2. The molecule has 2 aromatic rings. The number of halogens is 3. The molecule has 1 aliphatic heterocycles. The van der Waals surface area contributed by atoms with Crippen molar-refractivity contribution < 1.29 is 18.4 Å². The molecule has 0 unspecified atom stereocenters. The third-order valence-electron chi connectivity index (χ3n) is 4.46. The first-order chi connectivity index (χ1) is 13.3. The zero-order valence-corrected chi connectivity index (χ0v) is 16.9. The van der Waals surface area contributed by atoms with E-state index in [9.17, 15) is 18.4 Å². The van der Waals surface area contributed by atoms with Gasteiger partial charge in [-0.15, -0.1) is 0 Å². The van der Waals surface area contributed by atoms with E-state index in [1.807, 2.05) is 28.8 Å². The molecule has 146 valence electrons. The van der Waals surface area contributed by atoms with E-state index in [0.29, 0.717) is 12.1 Å². The van der Waals surface area contributed by atoms with Crippen molar-refractivity contribution in [3.8, 4) is 6.07 Å². The standard InChI is InChI=1S/C19H17F2IN4O2/c20-19(21)7-15(8-23)26(12-19)17(27)9-24-18(28)14-5-6-25(11-14)10-13-3-1-2-4-16(13)22/h1-6,11,15H,7,9-10,12H2,(H,24,28)/t15-/m0/s1. The van der Waals surface area contributed by atoms with Crippen molar-refractivity contribution in [2.45, 2.75) is 24.9 Å². The number of carbonyl (C=O) groups is 2. The summed E-state index contributed by atoms with van der Waals surface area (Å²) >= 11 is 2.24. The zero-order chi connectivity index (χ0) is 20.3. The Kier molecular flexibility index (Phi) is 5.98. The van der Waals surface area contributed by atoms with Crippen LogP contribution in [0.5, 0.6) is 0 Å². The van der Waals surface area contributed by atoms with Gasteiger partial charge in [0.1, 0.15) is 6.04 Å². The molecule has 1 saturated heterocycles. The van der Waals surface area contributed by atoms with Gasteiger partial charge in [0.05, 0.1) is 24.7 Å². The molecule has 0 bridgehead atoms. The molecule has 1 fully saturated rings. The Hall–Kier alpha value is -2.48. The lowest BCUT2D eigenvalue weighted by atomic mass is 10.2. The van der Waals surface area contributed by atoms with Crippen LogP contribution in [0, 0.1) is 14.9 Å². The molecule has 9 heteroatoms. The summed E-state index contributed by atoms with van der Waals surface area (Å²) in [7, 11) is 0. The Balaban J connectivity index is 1.57. The summed E-state index contributed by atoms with van der Waals surface area (Å²) in [6.07, 6.45) is 2.74. The number of aromatic nitrogens is 1. The van der Waals surface area contributed by atoms with Gasteiger partial charge in [-0.05, 0) is 40.3 Å². The van der Waals surface area contributed by atoms with E-state index in [1.165, 1.54) is 0 Å². The van der Waals surface area contributed by atoms with Crippen LogP contribution in [0.1, 0.15) is 22.3 Å². The van der Waals surface area contributed by atoms with Crippen LogP contribution < -0.4 is 5.32 Å². The maximum absolute atomic E-state index is 13.4. The lowest BCUT2D eigenvalue weighted by Crippen LogP contribution is -2.42. The largest absolute Gasteiger partial charge is 0.349 e. The van der Waals surface area contributed by atoms with E-state index < -0.39 is 43.3 Å². The summed E-state index contributed by atoms with van der Waals surface area (Å²) in [5, 5.41) is 11.4. The van der Waals surface area contributed by atoms with Crippen molar-refractivity contribution >= 4 is 34.4 Å². The van der Waals surface area contributed by atoms with Crippen molar-refractivity contribution in [3.05, 3.63) is 57.4 Å². The fourth-order valence-corrected chi connectivity index (χ4v) is 3.61. The molecule has 0 aliphatic carbocycles. The van der Waals surface area contributed by atoms with E-state index >= 15 is 0 Å². The monoisotopic (exact) mass is 498 g/mol. The number of hydrogen-bond acceptors (Lipinski definition) is 3. The van der Waals surface area contributed by atoms with E-state index in [0.717, 1.165) is 14.0 Å². The summed E-state index contributed by atoms with van der Waals surface area (Å²) in [6, 6.07) is 10.0. The molecule has 28 heavy (non-hydrogen) atoms. The van der Waals surface area contributed by atoms with Crippen molar-refractivity contribution in [2.24, 2.45) is 0 Å². The lowest BCUT2D eigenvalue weighted by Gasteiger charge is -2.19. The van der Waals surface area contributed by atoms with Gasteiger partial charge in [-0.1, -0.05) is 18.2 Å². The SMILES string of the molecule is N#C[C@@H]1CC(F)(F)CN1C(=O)CNC(=O)c1ccn(Cc2ccccc2I)c1. The van der Waals surface area contributed by atoms with Gasteiger partial charge >= 0.3 is 0 Å². The number of likely N-dealkylation sites (tertiary alicyclic amines) is 1. The Morgan fingerprint density at radius 2 is 2.07 bits per heavy atom. The number of rotatable bonds is 5. The summed E-state index contributed by atoms with van der Waals surface area (Å²) in [5.74, 6) is -4.25. The average molecular weight is 498 g/mol. The second-order valence-electron chi connectivity index (χ2n) is 6.57. The molecule has 1 aromatic heterocycles. The number of carbonyl (C=O) groups excluding carboxylic acids is 2. The topological polar surface area (TPSA) is 78.1 Å². The number of alkyl halides is 2. The normalized spacial score (nSPS) is 17.9. The quantitative estimate of drug-likeness (QED) is 0.645. The molecule has 1 aromatic carbocycles. The van der Waals surface area contributed by atoms with Crippen LogP contribution in [0.15, 0.2) is 42.7 Å². The molecule has 1 N–H and O–H groups in total. The number of nitriles is 1. The predicted octanol–water partition coefficient (Wildman–Crippen LogP) is 2.63. The minimum absolute atomic E-state index is 0.363. The van der Waals surface area contributed by atoms with Crippen LogP contribution in [0.2, 0.25) is 0 Å². The van der Waals surface area contributed by atoms with Crippen LogP contribution >= 0.6 is 22.6 Å². The number of hydrogen-bond donors (Lipinski definition) is 1. The van der Waals surface area contributed by atoms with Gasteiger partial charge in [-0.2, -0.15) is 5.26 Å². The highest BCUT2D eigenvalue weighted by molar-refractivity contribution is 14.1. The van der Waals surface area contributed by atoms with Gasteiger partial charge in [0, 0.05) is 28.9 Å². The summed E-state index contributed by atoms with van der Waals surface area (Å²) < 4.78 is 29.8. The average Bonchev–Trinajstić information content (AvgIpc) is 3.25. The van der Waals surface area contributed by atoms with Crippen molar-refractivity contribution in [1.29, 1.82) is 5.26 Å². The van der Waals surface area contributed by atoms with Crippen LogP contribution in [-0.4, -0.2) is 46.3 Å². The van der Waals surface area contributed by atoms with Crippen molar-refractivity contribution in [2.75, 3.05) is 13.1 Å². The lowest BCUT2D eigenvalue weighted by molar-refractivity contribution is -0.131. The Morgan fingerprint density at radius 1 is 1.32 bits per heavy atom. The van der Waals surface area contributed by atoms with E-state index in [2.05, 4.69) is 27.9 Å². The molecule has 6 nitrogen and oxygen atoms in total. The molecule has 0 radical (unpaired) electrons. The number of benzene rings is 1. The minimum Gasteiger partial charge on any atom is -0.349 e. The van der Waals surface area contributed by atoms with Gasteiger partial charge in [0.15, 0.2) is 0 Å². The number of nitrogens with zero attached hydrogens (tertiary/aromatic N) is 3. The second-order valence-corrected chi connectivity index (χ2v) is 7.74. The summed E-state index contributed by atoms with van der Waals surface area (Å²) in [4.78, 5) is 25.2.